The topological polar surface area (TPSA) is 84.7 Å². The number of carbonyl (C=O) groups excluding carboxylic acids is 1. The van der Waals surface area contributed by atoms with Gasteiger partial charge in [-0.15, -0.1) is 0 Å². The van der Waals surface area contributed by atoms with Gasteiger partial charge in [-0.2, -0.15) is 5.26 Å². The quantitative estimate of drug-likeness (QED) is 0.580. The number of aryl methyl sites for hydroxylation is 1. The summed E-state index contributed by atoms with van der Waals surface area (Å²) in [6.45, 7) is 9.05. The molecule has 3 aliphatic heterocycles. The van der Waals surface area contributed by atoms with Gasteiger partial charge in [0, 0.05) is 31.2 Å². The number of nitrogens with one attached hydrogen (secondary N) is 1. The zero-order valence-corrected chi connectivity index (χ0v) is 21.5. The third-order valence-corrected chi connectivity index (χ3v) is 7.74. The van der Waals surface area contributed by atoms with Crippen molar-refractivity contribution in [2.75, 3.05) is 50.1 Å². The van der Waals surface area contributed by atoms with Crippen molar-refractivity contribution in [3.05, 3.63) is 59.1 Å². The molecule has 4 heterocycles. The molecule has 0 bridgehead atoms. The van der Waals surface area contributed by atoms with Gasteiger partial charge in [0.1, 0.15) is 24.1 Å². The Morgan fingerprint density at radius 1 is 1.38 bits per heavy atom. The molecule has 8 nitrogen and oxygen atoms in total. The van der Waals surface area contributed by atoms with Crippen molar-refractivity contribution in [2.45, 2.75) is 44.8 Å². The van der Waals surface area contributed by atoms with Crippen LogP contribution in [-0.2, 0) is 17.8 Å². The van der Waals surface area contributed by atoms with Gasteiger partial charge in [-0.1, -0.05) is 18.7 Å². The summed E-state index contributed by atoms with van der Waals surface area (Å²) in [5.74, 6) is -0.0388. The predicted octanol–water partition coefficient (Wildman–Crippen LogP) is 3.25. The maximum Gasteiger partial charge on any atom is 0.246 e. The summed E-state index contributed by atoms with van der Waals surface area (Å²) in [6, 6.07) is 7.74. The van der Waals surface area contributed by atoms with Crippen molar-refractivity contribution in [1.29, 1.82) is 5.26 Å². The highest BCUT2D eigenvalue weighted by atomic mass is 19.1. The summed E-state index contributed by atoms with van der Waals surface area (Å²) in [5, 5.41) is 13.7. The van der Waals surface area contributed by atoms with Crippen LogP contribution in [0.3, 0.4) is 0 Å². The Balaban J connectivity index is 1.46. The van der Waals surface area contributed by atoms with Crippen molar-refractivity contribution in [3.63, 3.8) is 0 Å². The molecule has 1 atom stereocenters. The van der Waals surface area contributed by atoms with E-state index in [-0.39, 0.29) is 23.8 Å². The smallest absolute Gasteiger partial charge is 0.246 e. The molecule has 5 rings (SSSR count). The van der Waals surface area contributed by atoms with E-state index in [2.05, 4.69) is 29.9 Å². The Kier molecular flexibility index (Phi) is 7.02. The lowest BCUT2D eigenvalue weighted by molar-refractivity contribution is -0.129. The van der Waals surface area contributed by atoms with Gasteiger partial charge in [-0.25, -0.2) is 9.37 Å². The fraction of sp³-hybridized carbons (Fsp3) is 0.464. The van der Waals surface area contributed by atoms with Gasteiger partial charge in [0.25, 0.3) is 0 Å². The van der Waals surface area contributed by atoms with Gasteiger partial charge >= 0.3 is 0 Å². The van der Waals surface area contributed by atoms with Crippen molar-refractivity contribution in [1.82, 2.24) is 14.8 Å². The van der Waals surface area contributed by atoms with Crippen molar-refractivity contribution in [3.8, 4) is 11.9 Å². The Morgan fingerprint density at radius 2 is 2.19 bits per heavy atom. The van der Waals surface area contributed by atoms with E-state index in [0.29, 0.717) is 56.3 Å². The number of carbonyl (C=O) groups is 1. The average Bonchev–Trinajstić information content (AvgIpc) is 3.28. The Labute approximate surface area is 217 Å². The number of hydrogen-bond donors (Lipinski definition) is 1. The molecule has 1 aromatic heterocycles. The molecule has 3 aliphatic rings. The van der Waals surface area contributed by atoms with E-state index in [1.54, 1.807) is 11.0 Å². The van der Waals surface area contributed by atoms with Crippen LogP contribution in [-0.4, -0.2) is 72.6 Å². The second-order valence-electron chi connectivity index (χ2n) is 10.2. The van der Waals surface area contributed by atoms with Crippen LogP contribution >= 0.6 is 0 Å². The van der Waals surface area contributed by atoms with Crippen molar-refractivity contribution < 1.29 is 13.9 Å². The van der Waals surface area contributed by atoms with E-state index in [0.717, 1.165) is 41.9 Å². The summed E-state index contributed by atoms with van der Waals surface area (Å²) < 4.78 is 21.0. The molecule has 9 heteroatoms. The van der Waals surface area contributed by atoms with Gasteiger partial charge in [-0.05, 0) is 57.5 Å². The number of halogens is 1. The second kappa shape index (κ2) is 10.4. The average molecular weight is 505 g/mol. The molecule has 1 N–H and O–H groups in total. The molecule has 2 fully saturated rings. The highest BCUT2D eigenvalue weighted by Gasteiger charge is 2.34. The van der Waals surface area contributed by atoms with Crippen LogP contribution in [0.5, 0.6) is 5.88 Å². The minimum atomic E-state index is -0.252. The van der Waals surface area contributed by atoms with Crippen LogP contribution in [0.2, 0.25) is 0 Å². The first kappa shape index (κ1) is 25.0. The monoisotopic (exact) mass is 504 g/mol. The van der Waals surface area contributed by atoms with Gasteiger partial charge in [0.05, 0.1) is 29.7 Å². The summed E-state index contributed by atoms with van der Waals surface area (Å²) in [7, 11) is 2.08. The number of likely N-dealkylation sites (tertiary alicyclic amines) is 2. The number of para-hydroxylation sites is 1. The van der Waals surface area contributed by atoms with Crippen LogP contribution in [0.25, 0.3) is 0 Å². The fourth-order valence-corrected chi connectivity index (χ4v) is 5.58. The minimum absolute atomic E-state index is 0.0168. The van der Waals surface area contributed by atoms with Gasteiger partial charge < -0.3 is 24.8 Å². The van der Waals surface area contributed by atoms with Gasteiger partial charge in [0.2, 0.25) is 11.8 Å². The SMILES string of the molecule is C=CC(=O)N1CC(Nc2c(C#N)c(OC[C@@H]3CCCN3C)nc3c2CCN(c2c(C)cccc2F)C3)C1. The molecule has 0 spiro atoms. The summed E-state index contributed by atoms with van der Waals surface area (Å²) in [4.78, 5) is 22.7. The molecular weight excluding hydrogens is 471 g/mol. The molecule has 0 saturated carbocycles. The normalized spacial score (nSPS) is 19.7. The highest BCUT2D eigenvalue weighted by molar-refractivity contribution is 5.88. The molecule has 1 amide bonds. The van der Waals surface area contributed by atoms with Crippen molar-refractivity contribution in [2.24, 2.45) is 0 Å². The van der Waals surface area contributed by atoms with Gasteiger partial charge in [-0.3, -0.25) is 4.79 Å². The molecule has 0 radical (unpaired) electrons. The molecule has 2 aromatic rings. The number of hydrogen-bond acceptors (Lipinski definition) is 7. The van der Waals surface area contributed by atoms with E-state index >= 15 is 0 Å². The molecule has 37 heavy (non-hydrogen) atoms. The number of nitriles is 1. The van der Waals surface area contributed by atoms with Crippen LogP contribution in [0.4, 0.5) is 15.8 Å². The number of ether oxygens (including phenoxy) is 1. The standard InChI is InChI=1S/C28H33FN6O2/c1-4-25(36)35-14-19(15-35)31-26-21-10-12-34(27-18(2)7-5-9-23(27)29)16-24(21)32-28(22(26)13-30)37-17-20-8-6-11-33(20)3/h4-5,7,9,19-20H,1,6,8,10-12,14-17H2,2-3H3,(H,31,32)/t20-/m0/s1. The third-order valence-electron chi connectivity index (χ3n) is 7.74. The number of rotatable bonds is 7. The molecule has 2 saturated heterocycles. The fourth-order valence-electron chi connectivity index (χ4n) is 5.58. The van der Waals surface area contributed by atoms with E-state index in [9.17, 15) is 14.4 Å². The maximum atomic E-state index is 14.8. The third kappa shape index (κ3) is 4.86. The first-order valence-corrected chi connectivity index (χ1v) is 12.9. The van der Waals surface area contributed by atoms with Crippen LogP contribution in [0.1, 0.15) is 35.2 Å². The van der Waals surface area contributed by atoms with E-state index in [1.165, 1.54) is 12.1 Å². The van der Waals surface area contributed by atoms with Crippen LogP contribution in [0.15, 0.2) is 30.9 Å². The lowest BCUT2D eigenvalue weighted by atomic mass is 9.97. The number of benzene rings is 1. The van der Waals surface area contributed by atoms with Crippen LogP contribution < -0.4 is 15.0 Å². The van der Waals surface area contributed by atoms with Crippen LogP contribution in [0, 0.1) is 24.1 Å². The summed E-state index contributed by atoms with van der Waals surface area (Å²) >= 11 is 0. The zero-order chi connectivity index (χ0) is 26.1. The second-order valence-corrected chi connectivity index (χ2v) is 10.2. The van der Waals surface area contributed by atoms with E-state index < -0.39 is 0 Å². The zero-order valence-electron chi connectivity index (χ0n) is 21.5. The Morgan fingerprint density at radius 3 is 2.86 bits per heavy atom. The summed E-state index contributed by atoms with van der Waals surface area (Å²) in [6.07, 6.45) is 4.10. The number of pyridine rings is 1. The van der Waals surface area contributed by atoms with Gasteiger partial charge in [0.15, 0.2) is 0 Å². The van der Waals surface area contributed by atoms with E-state index in [4.69, 9.17) is 9.72 Å². The Bertz CT molecular complexity index is 1230. The maximum absolute atomic E-state index is 14.8. The number of aromatic nitrogens is 1. The molecule has 1 aromatic carbocycles. The number of fused-ring (bicyclic) bond motifs is 1. The first-order chi connectivity index (χ1) is 17.9. The molecular formula is C28H33FN6O2. The number of nitrogens with zero attached hydrogens (tertiary/aromatic N) is 5. The lowest BCUT2D eigenvalue weighted by Crippen LogP contribution is -2.56. The molecule has 194 valence electrons. The summed E-state index contributed by atoms with van der Waals surface area (Å²) in [5.41, 5.74) is 4.31. The largest absolute Gasteiger partial charge is 0.475 e. The number of anilines is 2. The van der Waals surface area contributed by atoms with Crippen molar-refractivity contribution >= 4 is 17.3 Å². The minimum Gasteiger partial charge on any atom is -0.475 e. The number of amides is 1. The molecule has 0 aliphatic carbocycles. The predicted molar refractivity (Wildman–Crippen MR) is 140 cm³/mol. The first-order valence-electron chi connectivity index (χ1n) is 12.9. The highest BCUT2D eigenvalue weighted by Crippen LogP contribution is 2.37. The lowest BCUT2D eigenvalue weighted by Gasteiger charge is -2.40. The van der Waals surface area contributed by atoms with E-state index in [1.807, 2.05) is 17.9 Å². The molecule has 0 unspecified atom stereocenters. The number of likely N-dealkylation sites (N-methyl/N-ethyl adjacent to an activating group) is 1. The Hall–Kier alpha value is -3.64.